The molecule has 2 aliphatic heterocycles. The molecule has 0 radical (unpaired) electrons. The van der Waals surface area contributed by atoms with Crippen molar-refractivity contribution < 1.29 is 0 Å². The molecule has 17 heavy (non-hydrogen) atoms. The lowest BCUT2D eigenvalue weighted by molar-refractivity contribution is 0.218. The molecule has 0 aliphatic carbocycles. The van der Waals surface area contributed by atoms with Crippen molar-refractivity contribution in [1.29, 1.82) is 0 Å². The van der Waals surface area contributed by atoms with Gasteiger partial charge < -0.3 is 14.7 Å². The molecule has 98 valence electrons. The Morgan fingerprint density at radius 2 is 1.29 bits per heavy atom. The first-order valence-corrected chi connectivity index (χ1v) is 7.42. The number of piperazine rings is 2. The molecule has 0 atom stereocenters. The fraction of sp³-hybridized carbons (Fsp3) is 0.909. The molecular formula is C11H22N4S2. The van der Waals surface area contributed by atoms with Crippen LogP contribution in [-0.4, -0.2) is 89.8 Å². The maximum Gasteiger partial charge on any atom is 0.151 e. The SMILES string of the molecule is CN1CCN(SC(=S)N2CCN(C)CC2)CC1. The molecule has 0 saturated carbocycles. The molecule has 0 bridgehead atoms. The Balaban J connectivity index is 1.73. The third-order valence-corrected chi connectivity index (χ3v) is 4.95. The second kappa shape index (κ2) is 6.33. The molecular weight excluding hydrogens is 252 g/mol. The van der Waals surface area contributed by atoms with Crippen LogP contribution in [0.1, 0.15) is 0 Å². The normalized spacial score (nSPS) is 25.2. The zero-order valence-corrected chi connectivity index (χ0v) is 12.4. The van der Waals surface area contributed by atoms with Gasteiger partial charge in [-0.3, -0.25) is 0 Å². The first-order chi connectivity index (χ1) is 8.15. The molecule has 2 rings (SSSR count). The number of likely N-dealkylation sites (N-methyl/N-ethyl adjacent to an activating group) is 2. The Morgan fingerprint density at radius 1 is 0.824 bits per heavy atom. The highest BCUT2D eigenvalue weighted by atomic mass is 32.2. The van der Waals surface area contributed by atoms with Crippen molar-refractivity contribution in [1.82, 2.24) is 19.0 Å². The maximum atomic E-state index is 5.54. The van der Waals surface area contributed by atoms with Gasteiger partial charge in [0.1, 0.15) is 0 Å². The van der Waals surface area contributed by atoms with Crippen LogP contribution < -0.4 is 0 Å². The summed E-state index contributed by atoms with van der Waals surface area (Å²) in [6, 6.07) is 0. The Hall–Kier alpha value is 0.120. The maximum absolute atomic E-state index is 5.54. The van der Waals surface area contributed by atoms with E-state index in [9.17, 15) is 0 Å². The molecule has 0 aromatic rings. The average molecular weight is 274 g/mol. The third-order valence-electron chi connectivity index (χ3n) is 3.43. The van der Waals surface area contributed by atoms with E-state index in [1.165, 1.54) is 0 Å². The van der Waals surface area contributed by atoms with E-state index in [1.54, 1.807) is 11.9 Å². The van der Waals surface area contributed by atoms with Crippen LogP contribution in [0, 0.1) is 0 Å². The second-order valence-electron chi connectivity index (χ2n) is 4.88. The summed E-state index contributed by atoms with van der Waals surface area (Å²) in [6.45, 7) is 8.96. The standard InChI is InChI=1S/C11H22N4S2/c1-12-3-7-14(8-4-12)11(16)17-15-9-5-13(2)6-10-15/h3-10H2,1-2H3. The Kier molecular flexibility index (Phi) is 5.05. The minimum atomic E-state index is 1.06. The summed E-state index contributed by atoms with van der Waals surface area (Å²) in [5, 5.41) is 0. The lowest BCUT2D eigenvalue weighted by Crippen LogP contribution is -2.47. The number of nitrogens with zero attached hydrogens (tertiary/aromatic N) is 4. The van der Waals surface area contributed by atoms with Crippen molar-refractivity contribution in [3.8, 4) is 0 Å². The average Bonchev–Trinajstić information content (AvgIpc) is 2.33. The number of hydrogen-bond acceptors (Lipinski definition) is 5. The van der Waals surface area contributed by atoms with E-state index in [2.05, 4.69) is 33.1 Å². The highest BCUT2D eigenvalue weighted by molar-refractivity contribution is 8.21. The molecule has 0 spiro atoms. The zero-order chi connectivity index (χ0) is 12.3. The van der Waals surface area contributed by atoms with Gasteiger partial charge in [0, 0.05) is 52.4 Å². The molecule has 6 heteroatoms. The molecule has 0 aromatic heterocycles. The van der Waals surface area contributed by atoms with Crippen molar-refractivity contribution in [3.63, 3.8) is 0 Å². The second-order valence-corrected chi connectivity index (χ2v) is 6.61. The van der Waals surface area contributed by atoms with Crippen LogP contribution in [0.3, 0.4) is 0 Å². The topological polar surface area (TPSA) is 13.0 Å². The fourth-order valence-electron chi connectivity index (χ4n) is 2.04. The van der Waals surface area contributed by atoms with Gasteiger partial charge in [-0.1, -0.05) is 12.2 Å². The van der Waals surface area contributed by atoms with Gasteiger partial charge in [-0.05, 0) is 26.0 Å². The smallest absolute Gasteiger partial charge is 0.151 e. The number of thiocarbonyl (C=S) groups is 1. The number of rotatable bonds is 1. The minimum Gasteiger partial charge on any atom is -0.354 e. The quantitative estimate of drug-likeness (QED) is 0.504. The first kappa shape index (κ1) is 13.5. The van der Waals surface area contributed by atoms with E-state index in [-0.39, 0.29) is 0 Å². The van der Waals surface area contributed by atoms with Crippen LogP contribution in [0.15, 0.2) is 0 Å². The van der Waals surface area contributed by atoms with E-state index in [0.717, 1.165) is 56.7 Å². The van der Waals surface area contributed by atoms with Crippen LogP contribution in [-0.2, 0) is 0 Å². The van der Waals surface area contributed by atoms with E-state index >= 15 is 0 Å². The molecule has 0 unspecified atom stereocenters. The Labute approximate surface area is 114 Å². The lowest BCUT2D eigenvalue weighted by atomic mass is 10.4. The molecule has 2 aliphatic rings. The summed E-state index contributed by atoms with van der Waals surface area (Å²) in [5.74, 6) is 0. The predicted molar refractivity (Wildman–Crippen MR) is 78.3 cm³/mol. The summed E-state index contributed by atoms with van der Waals surface area (Å²) in [5.41, 5.74) is 0. The van der Waals surface area contributed by atoms with Crippen molar-refractivity contribution in [3.05, 3.63) is 0 Å². The third kappa shape index (κ3) is 4.06. The summed E-state index contributed by atoms with van der Waals surface area (Å²) < 4.78 is 3.46. The van der Waals surface area contributed by atoms with E-state index in [1.807, 2.05) is 0 Å². The lowest BCUT2D eigenvalue weighted by Gasteiger charge is -2.36. The van der Waals surface area contributed by atoms with Crippen molar-refractivity contribution in [2.24, 2.45) is 0 Å². The molecule has 2 heterocycles. The zero-order valence-electron chi connectivity index (χ0n) is 10.8. The first-order valence-electron chi connectivity index (χ1n) is 6.24. The van der Waals surface area contributed by atoms with E-state index < -0.39 is 0 Å². The van der Waals surface area contributed by atoms with Gasteiger partial charge in [-0.15, -0.1) is 0 Å². The predicted octanol–water partition coefficient (Wildman–Crippen LogP) is 0.414. The molecule has 0 N–H and O–H groups in total. The van der Waals surface area contributed by atoms with Gasteiger partial charge in [0.25, 0.3) is 0 Å². The molecule has 2 saturated heterocycles. The Morgan fingerprint density at radius 3 is 1.82 bits per heavy atom. The van der Waals surface area contributed by atoms with E-state index in [0.29, 0.717) is 0 Å². The largest absolute Gasteiger partial charge is 0.354 e. The van der Waals surface area contributed by atoms with E-state index in [4.69, 9.17) is 12.2 Å². The van der Waals surface area contributed by atoms with Crippen molar-refractivity contribution in [2.75, 3.05) is 66.5 Å². The van der Waals surface area contributed by atoms with Crippen molar-refractivity contribution in [2.45, 2.75) is 0 Å². The molecule has 2 fully saturated rings. The fourth-order valence-corrected chi connectivity index (χ4v) is 3.40. The van der Waals surface area contributed by atoms with Gasteiger partial charge in [-0.2, -0.15) is 0 Å². The van der Waals surface area contributed by atoms with Gasteiger partial charge in [0.05, 0.1) is 0 Å². The minimum absolute atomic E-state index is 1.06. The van der Waals surface area contributed by atoms with Crippen LogP contribution in [0.4, 0.5) is 0 Å². The van der Waals surface area contributed by atoms with Crippen LogP contribution in [0.25, 0.3) is 0 Å². The summed E-state index contributed by atoms with van der Waals surface area (Å²) in [6.07, 6.45) is 0. The summed E-state index contributed by atoms with van der Waals surface area (Å²) in [7, 11) is 4.36. The summed E-state index contributed by atoms with van der Waals surface area (Å²) >= 11 is 7.31. The molecule has 4 nitrogen and oxygen atoms in total. The van der Waals surface area contributed by atoms with Crippen LogP contribution in [0.5, 0.6) is 0 Å². The molecule has 0 amide bonds. The van der Waals surface area contributed by atoms with Gasteiger partial charge in [0.15, 0.2) is 4.32 Å². The Bertz CT molecular complexity index is 258. The highest BCUT2D eigenvalue weighted by Crippen LogP contribution is 2.18. The van der Waals surface area contributed by atoms with Crippen molar-refractivity contribution >= 4 is 28.5 Å². The molecule has 0 aromatic carbocycles. The number of hydrogen-bond donors (Lipinski definition) is 0. The van der Waals surface area contributed by atoms with Crippen LogP contribution >= 0.6 is 24.2 Å². The summed E-state index contributed by atoms with van der Waals surface area (Å²) in [4.78, 5) is 7.08. The monoisotopic (exact) mass is 274 g/mol. The highest BCUT2D eigenvalue weighted by Gasteiger charge is 2.21. The van der Waals surface area contributed by atoms with Gasteiger partial charge in [0.2, 0.25) is 0 Å². The van der Waals surface area contributed by atoms with Crippen LogP contribution in [0.2, 0.25) is 0 Å². The van der Waals surface area contributed by atoms with Gasteiger partial charge >= 0.3 is 0 Å². The van der Waals surface area contributed by atoms with Gasteiger partial charge in [-0.25, -0.2) is 4.31 Å².